The molecule has 8 heteroatoms. The number of hydrogen-bond acceptors (Lipinski definition) is 2. The molecule has 1 N–H and O–H groups in total. The molecule has 0 atom stereocenters. The molecule has 1 fully saturated rings. The summed E-state index contributed by atoms with van der Waals surface area (Å²) in [6.07, 6.45) is -2.50. The Kier molecular flexibility index (Phi) is 5.03. The number of alkyl halides is 3. The molecule has 0 spiro atoms. The highest BCUT2D eigenvalue weighted by atomic mass is 35.5. The molecule has 3 rings (SSSR count). The SMILES string of the molecule is O=C(Cc1ccc(Cl)cc1)NCCn1nc(C(F)(F)F)cc1C1CC1. The molecule has 4 nitrogen and oxygen atoms in total. The fourth-order valence-electron chi connectivity index (χ4n) is 2.61. The minimum absolute atomic E-state index is 0.147. The number of benzene rings is 1. The highest BCUT2D eigenvalue weighted by Gasteiger charge is 2.37. The van der Waals surface area contributed by atoms with Crippen LogP contribution in [0.25, 0.3) is 0 Å². The van der Waals surface area contributed by atoms with Gasteiger partial charge in [0.25, 0.3) is 0 Å². The Morgan fingerprint density at radius 3 is 2.56 bits per heavy atom. The fraction of sp³-hybridized carbons (Fsp3) is 0.412. The van der Waals surface area contributed by atoms with Gasteiger partial charge in [-0.15, -0.1) is 0 Å². The fourth-order valence-corrected chi connectivity index (χ4v) is 2.73. The topological polar surface area (TPSA) is 46.9 Å². The first-order chi connectivity index (χ1) is 11.8. The summed E-state index contributed by atoms with van der Waals surface area (Å²) in [6.45, 7) is 0.444. The van der Waals surface area contributed by atoms with Gasteiger partial charge in [0, 0.05) is 23.2 Å². The molecule has 0 saturated heterocycles. The van der Waals surface area contributed by atoms with Crippen molar-refractivity contribution in [3.8, 4) is 0 Å². The van der Waals surface area contributed by atoms with Crippen LogP contribution in [0.1, 0.15) is 35.7 Å². The summed E-state index contributed by atoms with van der Waals surface area (Å²) in [4.78, 5) is 11.9. The summed E-state index contributed by atoms with van der Waals surface area (Å²) < 4.78 is 39.9. The van der Waals surface area contributed by atoms with Crippen LogP contribution in [0.15, 0.2) is 30.3 Å². The third kappa shape index (κ3) is 4.75. The van der Waals surface area contributed by atoms with Crippen molar-refractivity contribution in [2.45, 2.75) is 37.9 Å². The highest BCUT2D eigenvalue weighted by Crippen LogP contribution is 2.42. The number of hydrogen-bond donors (Lipinski definition) is 1. The van der Waals surface area contributed by atoms with Gasteiger partial charge < -0.3 is 5.32 Å². The minimum atomic E-state index is -4.45. The van der Waals surface area contributed by atoms with Crippen molar-refractivity contribution in [1.29, 1.82) is 0 Å². The molecular formula is C17H17ClF3N3O. The molecule has 1 amide bonds. The summed E-state index contributed by atoms with van der Waals surface area (Å²) >= 11 is 5.79. The lowest BCUT2D eigenvalue weighted by Gasteiger charge is -2.08. The third-order valence-corrected chi connectivity index (χ3v) is 4.27. The Labute approximate surface area is 148 Å². The van der Waals surface area contributed by atoms with Crippen molar-refractivity contribution < 1.29 is 18.0 Å². The largest absolute Gasteiger partial charge is 0.435 e. The van der Waals surface area contributed by atoms with E-state index in [2.05, 4.69) is 10.4 Å². The van der Waals surface area contributed by atoms with Crippen molar-refractivity contribution >= 4 is 17.5 Å². The Morgan fingerprint density at radius 2 is 1.96 bits per heavy atom. The van der Waals surface area contributed by atoms with E-state index in [1.165, 1.54) is 4.68 Å². The molecule has 0 radical (unpaired) electrons. The molecule has 0 aliphatic heterocycles. The summed E-state index contributed by atoms with van der Waals surface area (Å²) in [5, 5.41) is 6.97. The van der Waals surface area contributed by atoms with Crippen LogP contribution in [0.2, 0.25) is 5.02 Å². The average molecular weight is 372 g/mol. The van der Waals surface area contributed by atoms with Gasteiger partial charge in [-0.1, -0.05) is 23.7 Å². The van der Waals surface area contributed by atoms with Gasteiger partial charge in [0.05, 0.1) is 13.0 Å². The first-order valence-electron chi connectivity index (χ1n) is 7.99. The van der Waals surface area contributed by atoms with Crippen LogP contribution in [0.4, 0.5) is 13.2 Å². The van der Waals surface area contributed by atoms with E-state index in [1.807, 2.05) is 0 Å². The molecule has 1 saturated carbocycles. The number of rotatable bonds is 6. The van der Waals surface area contributed by atoms with E-state index in [-0.39, 0.29) is 31.3 Å². The number of carbonyl (C=O) groups is 1. The van der Waals surface area contributed by atoms with Crippen LogP contribution in [0, 0.1) is 0 Å². The highest BCUT2D eigenvalue weighted by molar-refractivity contribution is 6.30. The second kappa shape index (κ2) is 7.07. The maximum absolute atomic E-state index is 12.8. The van der Waals surface area contributed by atoms with Gasteiger partial charge in [-0.2, -0.15) is 18.3 Å². The number of carbonyl (C=O) groups excluding carboxylic acids is 1. The zero-order valence-electron chi connectivity index (χ0n) is 13.3. The smallest absolute Gasteiger partial charge is 0.354 e. The number of halogens is 4. The van der Waals surface area contributed by atoms with E-state index < -0.39 is 11.9 Å². The molecule has 1 aromatic heterocycles. The van der Waals surface area contributed by atoms with E-state index in [1.54, 1.807) is 24.3 Å². The number of nitrogens with zero attached hydrogens (tertiary/aromatic N) is 2. The van der Waals surface area contributed by atoms with Crippen LogP contribution in [0.3, 0.4) is 0 Å². The summed E-state index contributed by atoms with van der Waals surface area (Å²) in [5.41, 5.74) is 0.542. The molecule has 1 aliphatic rings. The van der Waals surface area contributed by atoms with Gasteiger partial charge in [0.15, 0.2) is 5.69 Å². The van der Waals surface area contributed by atoms with Crippen molar-refractivity contribution in [2.24, 2.45) is 0 Å². The molecule has 134 valence electrons. The zero-order chi connectivity index (χ0) is 18.0. The number of nitrogens with one attached hydrogen (secondary N) is 1. The molecule has 1 aliphatic carbocycles. The Balaban J connectivity index is 1.55. The Morgan fingerprint density at radius 1 is 1.28 bits per heavy atom. The first-order valence-corrected chi connectivity index (χ1v) is 8.37. The summed E-state index contributed by atoms with van der Waals surface area (Å²) in [5.74, 6) is -0.0492. The lowest BCUT2D eigenvalue weighted by molar-refractivity contribution is -0.141. The van der Waals surface area contributed by atoms with Crippen LogP contribution in [-0.2, 0) is 23.9 Å². The van der Waals surface area contributed by atoms with Gasteiger partial charge >= 0.3 is 6.18 Å². The minimum Gasteiger partial charge on any atom is -0.354 e. The molecule has 1 heterocycles. The molecule has 2 aromatic rings. The maximum atomic E-state index is 12.8. The molecule has 0 bridgehead atoms. The standard InChI is InChI=1S/C17H17ClF3N3O/c18-13-5-1-11(2-6-13)9-16(25)22-7-8-24-14(12-3-4-12)10-15(23-24)17(19,20)21/h1-2,5-6,10,12H,3-4,7-9H2,(H,22,25). The molecule has 1 aromatic carbocycles. The first kappa shape index (κ1) is 17.8. The van der Waals surface area contributed by atoms with E-state index in [0.29, 0.717) is 10.7 Å². The lowest BCUT2D eigenvalue weighted by atomic mass is 10.1. The Hall–Kier alpha value is -2.02. The van der Waals surface area contributed by atoms with Crippen molar-refractivity contribution in [3.05, 3.63) is 52.3 Å². The number of amides is 1. The van der Waals surface area contributed by atoms with Crippen LogP contribution < -0.4 is 5.32 Å². The van der Waals surface area contributed by atoms with Crippen molar-refractivity contribution in [3.63, 3.8) is 0 Å². The lowest BCUT2D eigenvalue weighted by Crippen LogP contribution is -2.29. The monoisotopic (exact) mass is 371 g/mol. The summed E-state index contributed by atoms with van der Waals surface area (Å²) in [7, 11) is 0. The molecular weight excluding hydrogens is 355 g/mol. The molecule has 25 heavy (non-hydrogen) atoms. The number of aromatic nitrogens is 2. The van der Waals surface area contributed by atoms with Crippen LogP contribution >= 0.6 is 11.6 Å². The van der Waals surface area contributed by atoms with E-state index >= 15 is 0 Å². The van der Waals surface area contributed by atoms with E-state index in [4.69, 9.17) is 11.6 Å². The Bertz CT molecular complexity index is 751. The van der Waals surface area contributed by atoms with Gasteiger partial charge in [-0.3, -0.25) is 9.48 Å². The zero-order valence-corrected chi connectivity index (χ0v) is 14.1. The van der Waals surface area contributed by atoms with Gasteiger partial charge in [-0.05, 0) is 36.6 Å². The summed E-state index contributed by atoms with van der Waals surface area (Å²) in [6, 6.07) is 8.04. The van der Waals surface area contributed by atoms with Gasteiger partial charge in [-0.25, -0.2) is 0 Å². The van der Waals surface area contributed by atoms with Gasteiger partial charge in [0.1, 0.15) is 0 Å². The predicted octanol–water partition coefficient (Wildman–Crippen LogP) is 3.79. The van der Waals surface area contributed by atoms with Crippen molar-refractivity contribution in [1.82, 2.24) is 15.1 Å². The van der Waals surface area contributed by atoms with Crippen molar-refractivity contribution in [2.75, 3.05) is 6.54 Å². The second-order valence-electron chi connectivity index (χ2n) is 6.10. The van der Waals surface area contributed by atoms with E-state index in [9.17, 15) is 18.0 Å². The maximum Gasteiger partial charge on any atom is 0.435 e. The quantitative estimate of drug-likeness (QED) is 0.839. The van der Waals surface area contributed by atoms with Crippen LogP contribution in [-0.4, -0.2) is 22.2 Å². The van der Waals surface area contributed by atoms with Crippen LogP contribution in [0.5, 0.6) is 0 Å². The third-order valence-electron chi connectivity index (χ3n) is 4.02. The van der Waals surface area contributed by atoms with Gasteiger partial charge in [0.2, 0.25) is 5.91 Å². The average Bonchev–Trinajstić information content (AvgIpc) is 3.29. The second-order valence-corrected chi connectivity index (χ2v) is 6.54. The van der Waals surface area contributed by atoms with E-state index in [0.717, 1.165) is 24.5 Å². The normalized spacial score (nSPS) is 14.6. The predicted molar refractivity (Wildman–Crippen MR) is 87.4 cm³/mol. The molecule has 0 unspecified atom stereocenters.